The van der Waals surface area contributed by atoms with Gasteiger partial charge in [-0.25, -0.2) is 0 Å². The minimum atomic E-state index is -0.116. The molecular weight excluding hydrogens is 512 g/mol. The fraction of sp³-hybridized carbons (Fsp3) is 0.412. The molecule has 7 heteroatoms. The second kappa shape index (κ2) is 10.9. The SMILES string of the molecule is COc1cc(C)c2[nH]ccc2c1CN1CCC2(CC(C)C2)C[C@H]1c1ccc(C(=O)NCc2ccc(=O)n(C)c2)cc1. The van der Waals surface area contributed by atoms with Crippen molar-refractivity contribution in [2.45, 2.75) is 58.7 Å². The zero-order valence-electron chi connectivity index (χ0n) is 24.5. The molecule has 2 N–H and O–H groups in total. The number of piperidine rings is 1. The third kappa shape index (κ3) is 5.31. The summed E-state index contributed by atoms with van der Waals surface area (Å²) in [5.41, 5.74) is 6.73. The number of rotatable bonds is 7. The maximum atomic E-state index is 12.9. The van der Waals surface area contributed by atoms with E-state index in [-0.39, 0.29) is 17.5 Å². The Kier molecular flexibility index (Phi) is 7.24. The van der Waals surface area contributed by atoms with Crippen LogP contribution in [0.4, 0.5) is 0 Å². The topological polar surface area (TPSA) is 79.4 Å². The van der Waals surface area contributed by atoms with Crippen molar-refractivity contribution in [2.24, 2.45) is 18.4 Å². The average Bonchev–Trinajstić information content (AvgIpc) is 3.46. The third-order valence-corrected chi connectivity index (χ3v) is 9.41. The molecule has 2 aliphatic rings. The number of nitrogens with one attached hydrogen (secondary N) is 2. The van der Waals surface area contributed by atoms with Crippen LogP contribution in [-0.4, -0.2) is 34.0 Å². The number of carbonyl (C=O) groups is 1. The number of aromatic nitrogens is 2. The molecule has 1 spiro atoms. The summed E-state index contributed by atoms with van der Waals surface area (Å²) in [7, 11) is 3.48. The van der Waals surface area contributed by atoms with E-state index >= 15 is 0 Å². The van der Waals surface area contributed by atoms with Gasteiger partial charge in [0.15, 0.2) is 0 Å². The number of hydrogen-bond donors (Lipinski definition) is 2. The van der Waals surface area contributed by atoms with Gasteiger partial charge in [-0.05, 0) is 91.4 Å². The molecule has 1 saturated heterocycles. The summed E-state index contributed by atoms with van der Waals surface area (Å²) in [5, 5.41) is 4.21. The average molecular weight is 553 g/mol. The number of amides is 1. The van der Waals surface area contributed by atoms with Crippen molar-refractivity contribution in [2.75, 3.05) is 13.7 Å². The Balaban J connectivity index is 1.23. The normalized spacial score (nSPS) is 22.5. The number of pyridine rings is 1. The van der Waals surface area contributed by atoms with Gasteiger partial charge in [0.2, 0.25) is 5.56 Å². The molecule has 2 aromatic heterocycles. The fourth-order valence-corrected chi connectivity index (χ4v) is 7.37. The third-order valence-electron chi connectivity index (χ3n) is 9.41. The van der Waals surface area contributed by atoms with Crippen molar-refractivity contribution < 1.29 is 9.53 Å². The number of methoxy groups -OCH3 is 1. The van der Waals surface area contributed by atoms with E-state index in [1.165, 1.54) is 57.5 Å². The van der Waals surface area contributed by atoms with Crippen molar-refractivity contribution in [1.29, 1.82) is 0 Å². The maximum absolute atomic E-state index is 12.9. The Morgan fingerprint density at radius 3 is 2.61 bits per heavy atom. The fourth-order valence-electron chi connectivity index (χ4n) is 7.37. The predicted molar refractivity (Wildman–Crippen MR) is 162 cm³/mol. The number of benzene rings is 2. The summed E-state index contributed by atoms with van der Waals surface area (Å²) >= 11 is 0. The minimum absolute atomic E-state index is 0.0658. The van der Waals surface area contributed by atoms with Crippen molar-refractivity contribution in [3.8, 4) is 5.75 Å². The van der Waals surface area contributed by atoms with Crippen LogP contribution in [0.5, 0.6) is 5.75 Å². The van der Waals surface area contributed by atoms with E-state index in [0.29, 0.717) is 17.5 Å². The van der Waals surface area contributed by atoms with Crippen LogP contribution in [0.15, 0.2) is 65.7 Å². The van der Waals surface area contributed by atoms with Gasteiger partial charge in [-0.3, -0.25) is 14.5 Å². The highest BCUT2D eigenvalue weighted by Gasteiger charge is 2.47. The van der Waals surface area contributed by atoms with Crippen LogP contribution in [-0.2, 0) is 20.1 Å². The number of H-pyrrole nitrogens is 1. The number of hydrogen-bond acceptors (Lipinski definition) is 4. The summed E-state index contributed by atoms with van der Waals surface area (Å²) in [6.45, 7) is 6.72. The molecule has 1 amide bonds. The summed E-state index contributed by atoms with van der Waals surface area (Å²) in [6.07, 6.45) is 8.74. The monoisotopic (exact) mass is 552 g/mol. The number of likely N-dealkylation sites (tertiary alicyclic amines) is 1. The van der Waals surface area contributed by atoms with E-state index in [2.05, 4.69) is 53.3 Å². The van der Waals surface area contributed by atoms with Gasteiger partial charge in [0.05, 0.1) is 7.11 Å². The molecule has 1 saturated carbocycles. The van der Waals surface area contributed by atoms with E-state index < -0.39 is 0 Å². The highest BCUT2D eigenvalue weighted by molar-refractivity contribution is 5.94. The zero-order chi connectivity index (χ0) is 28.7. The Morgan fingerprint density at radius 1 is 1.12 bits per heavy atom. The first kappa shape index (κ1) is 27.3. The van der Waals surface area contributed by atoms with Crippen molar-refractivity contribution in [1.82, 2.24) is 19.8 Å². The van der Waals surface area contributed by atoms with Gasteiger partial charge in [-0.2, -0.15) is 0 Å². The van der Waals surface area contributed by atoms with Gasteiger partial charge < -0.3 is 19.6 Å². The summed E-state index contributed by atoms with van der Waals surface area (Å²) in [5.74, 6) is 1.63. The lowest BCUT2D eigenvalue weighted by atomic mass is 9.56. The van der Waals surface area contributed by atoms with Crippen LogP contribution in [0.3, 0.4) is 0 Å². The minimum Gasteiger partial charge on any atom is -0.496 e. The number of aromatic amines is 1. The largest absolute Gasteiger partial charge is 0.496 e. The molecule has 214 valence electrons. The molecule has 2 fully saturated rings. The summed E-state index contributed by atoms with van der Waals surface area (Å²) < 4.78 is 7.40. The van der Waals surface area contributed by atoms with Gasteiger partial charge in [-0.15, -0.1) is 0 Å². The molecule has 6 rings (SSSR count). The standard InChI is InChI=1S/C34H40N4O3/c1-22-16-34(17-22)12-14-38(21-28-27-11-13-35-32(27)23(2)15-30(28)41-4)29(18-34)25-6-8-26(9-7-25)33(40)36-19-24-5-10-31(39)37(3)20-24/h5-11,13,15,20,22,29,35H,12,14,16-19,21H2,1-4H3,(H,36,40)/t22?,29-,34?/m0/s1. The Bertz CT molecular complexity index is 1630. The van der Waals surface area contributed by atoms with Crippen LogP contribution >= 0.6 is 0 Å². The molecule has 4 aromatic rings. The van der Waals surface area contributed by atoms with Crippen molar-refractivity contribution >= 4 is 16.8 Å². The van der Waals surface area contributed by atoms with Crippen LogP contribution in [0.2, 0.25) is 0 Å². The van der Waals surface area contributed by atoms with Crippen LogP contribution in [0.1, 0.15) is 71.3 Å². The molecule has 7 nitrogen and oxygen atoms in total. The number of ether oxygens (including phenoxy) is 1. The molecule has 1 atom stereocenters. The van der Waals surface area contributed by atoms with Crippen LogP contribution < -0.4 is 15.6 Å². The first-order valence-corrected chi connectivity index (χ1v) is 14.7. The first-order valence-electron chi connectivity index (χ1n) is 14.7. The van der Waals surface area contributed by atoms with Gasteiger partial charge in [0, 0.05) is 66.7 Å². The number of nitrogens with zero attached hydrogens (tertiary/aromatic N) is 2. The molecule has 0 unspecified atom stereocenters. The highest BCUT2D eigenvalue weighted by atomic mass is 16.5. The van der Waals surface area contributed by atoms with Gasteiger partial charge >= 0.3 is 0 Å². The molecule has 1 aliphatic heterocycles. The lowest BCUT2D eigenvalue weighted by Crippen LogP contribution is -2.47. The first-order chi connectivity index (χ1) is 19.7. The molecule has 0 bridgehead atoms. The maximum Gasteiger partial charge on any atom is 0.251 e. The number of aryl methyl sites for hydroxylation is 2. The second-order valence-electron chi connectivity index (χ2n) is 12.4. The smallest absolute Gasteiger partial charge is 0.251 e. The summed E-state index contributed by atoms with van der Waals surface area (Å²) in [6, 6.07) is 16.0. The Hall–Kier alpha value is -3.84. The highest BCUT2D eigenvalue weighted by Crippen LogP contribution is 2.56. The number of carbonyl (C=O) groups excluding carboxylic acids is 1. The van der Waals surface area contributed by atoms with Crippen LogP contribution in [0.25, 0.3) is 10.9 Å². The van der Waals surface area contributed by atoms with Crippen LogP contribution in [0, 0.1) is 18.3 Å². The van der Waals surface area contributed by atoms with E-state index in [1.807, 2.05) is 18.3 Å². The molecule has 41 heavy (non-hydrogen) atoms. The van der Waals surface area contributed by atoms with E-state index in [4.69, 9.17) is 4.74 Å². The summed E-state index contributed by atoms with van der Waals surface area (Å²) in [4.78, 5) is 30.6. The lowest BCUT2D eigenvalue weighted by Gasteiger charge is -2.54. The predicted octanol–water partition coefficient (Wildman–Crippen LogP) is 5.87. The Labute approximate surface area is 241 Å². The van der Waals surface area contributed by atoms with E-state index in [9.17, 15) is 9.59 Å². The van der Waals surface area contributed by atoms with Gasteiger partial charge in [-0.1, -0.05) is 25.1 Å². The Morgan fingerprint density at radius 2 is 1.90 bits per heavy atom. The van der Waals surface area contributed by atoms with E-state index in [0.717, 1.165) is 36.7 Å². The molecule has 0 radical (unpaired) electrons. The number of fused-ring (bicyclic) bond motifs is 1. The zero-order valence-corrected chi connectivity index (χ0v) is 24.5. The quantitative estimate of drug-likeness (QED) is 0.301. The van der Waals surface area contributed by atoms with Crippen molar-refractivity contribution in [3.05, 3.63) is 99.1 Å². The molecule has 3 heterocycles. The molecule has 2 aromatic carbocycles. The second-order valence-corrected chi connectivity index (χ2v) is 12.4. The van der Waals surface area contributed by atoms with Gasteiger partial charge in [0.25, 0.3) is 5.91 Å². The lowest BCUT2D eigenvalue weighted by molar-refractivity contribution is -0.0397. The van der Waals surface area contributed by atoms with E-state index in [1.54, 1.807) is 26.4 Å². The molecular formula is C34H40N4O3. The van der Waals surface area contributed by atoms with Crippen molar-refractivity contribution in [3.63, 3.8) is 0 Å². The van der Waals surface area contributed by atoms with Gasteiger partial charge in [0.1, 0.15) is 5.75 Å². The molecule has 1 aliphatic carbocycles.